The van der Waals surface area contributed by atoms with Gasteiger partial charge >= 0.3 is 0 Å². The van der Waals surface area contributed by atoms with E-state index >= 15 is 0 Å². The Morgan fingerprint density at radius 3 is 2.59 bits per heavy atom. The molecule has 0 aliphatic carbocycles. The van der Waals surface area contributed by atoms with E-state index in [0.29, 0.717) is 10.7 Å². The first-order valence-corrected chi connectivity index (χ1v) is 6.75. The molecule has 0 bridgehead atoms. The van der Waals surface area contributed by atoms with E-state index in [9.17, 15) is 9.90 Å². The summed E-state index contributed by atoms with van der Waals surface area (Å²) in [5.41, 5.74) is 1.03. The number of aromatic hydroxyl groups is 1. The molecule has 1 aromatic carbocycles. The van der Waals surface area contributed by atoms with E-state index < -0.39 is 5.56 Å². The number of aromatic nitrogens is 1. The zero-order valence-electron chi connectivity index (χ0n) is 12.3. The zero-order chi connectivity index (χ0) is 16.4. The Bertz CT molecular complexity index is 879. The summed E-state index contributed by atoms with van der Waals surface area (Å²) in [5, 5.41) is 27.4. The van der Waals surface area contributed by atoms with Crippen molar-refractivity contribution in [1.29, 1.82) is 5.26 Å². The van der Waals surface area contributed by atoms with E-state index in [1.807, 2.05) is 6.07 Å². The highest BCUT2D eigenvalue weighted by atomic mass is 35.5. The number of benzene rings is 1. The summed E-state index contributed by atoms with van der Waals surface area (Å²) in [6.07, 6.45) is 0. The summed E-state index contributed by atoms with van der Waals surface area (Å²) in [4.78, 5) is 12.2. The largest absolute Gasteiger partial charge is 0.493 e. The van der Waals surface area contributed by atoms with Gasteiger partial charge in [0.25, 0.3) is 5.56 Å². The van der Waals surface area contributed by atoms with Gasteiger partial charge in [-0.25, -0.2) is 0 Å². The van der Waals surface area contributed by atoms with Crippen molar-refractivity contribution in [1.82, 2.24) is 4.57 Å². The molecule has 22 heavy (non-hydrogen) atoms. The van der Waals surface area contributed by atoms with Gasteiger partial charge in [-0.3, -0.25) is 9.36 Å². The Morgan fingerprint density at radius 2 is 1.95 bits per heavy atom. The first-order valence-electron chi connectivity index (χ1n) is 6.38. The van der Waals surface area contributed by atoms with Gasteiger partial charge in [0.05, 0.1) is 5.69 Å². The Kier molecular flexibility index (Phi) is 4.29. The second-order valence-corrected chi connectivity index (χ2v) is 5.14. The number of hydrogen-bond acceptors (Lipinski definition) is 5. The van der Waals surface area contributed by atoms with Gasteiger partial charge in [-0.15, -0.1) is 5.11 Å². The number of rotatable bonds is 2. The number of pyridine rings is 1. The maximum absolute atomic E-state index is 12.2. The second-order valence-electron chi connectivity index (χ2n) is 4.73. The predicted molar refractivity (Wildman–Crippen MR) is 83.2 cm³/mol. The fourth-order valence-corrected chi connectivity index (χ4v) is 2.10. The molecule has 0 amide bonds. The van der Waals surface area contributed by atoms with Crippen molar-refractivity contribution < 1.29 is 5.11 Å². The number of azo groups is 1. The highest BCUT2D eigenvalue weighted by molar-refractivity contribution is 6.31. The van der Waals surface area contributed by atoms with Crippen LogP contribution in [0.2, 0.25) is 5.02 Å². The van der Waals surface area contributed by atoms with Crippen LogP contribution in [0.4, 0.5) is 11.4 Å². The van der Waals surface area contributed by atoms with Crippen LogP contribution < -0.4 is 5.56 Å². The lowest BCUT2D eigenvalue weighted by Crippen LogP contribution is -2.18. The van der Waals surface area contributed by atoms with Gasteiger partial charge < -0.3 is 5.11 Å². The molecule has 1 heterocycles. The maximum atomic E-state index is 12.2. The van der Waals surface area contributed by atoms with Crippen LogP contribution in [0, 0.1) is 25.2 Å². The second kappa shape index (κ2) is 6.00. The normalized spacial score (nSPS) is 10.9. The molecule has 0 saturated carbocycles. The van der Waals surface area contributed by atoms with Crippen LogP contribution in [-0.2, 0) is 7.05 Å². The molecule has 2 aromatic rings. The van der Waals surface area contributed by atoms with Crippen LogP contribution in [0.15, 0.2) is 33.2 Å². The molecular weight excluding hydrogens is 304 g/mol. The van der Waals surface area contributed by atoms with Crippen molar-refractivity contribution in [3.05, 3.63) is 50.3 Å². The van der Waals surface area contributed by atoms with Crippen LogP contribution in [0.3, 0.4) is 0 Å². The van der Waals surface area contributed by atoms with Crippen molar-refractivity contribution in [2.45, 2.75) is 13.8 Å². The van der Waals surface area contributed by atoms with E-state index in [1.165, 1.54) is 7.05 Å². The van der Waals surface area contributed by atoms with Crippen LogP contribution in [0.1, 0.15) is 16.7 Å². The summed E-state index contributed by atoms with van der Waals surface area (Å²) in [6, 6.07) is 7.04. The number of hydrogen-bond donors (Lipinski definition) is 1. The smallest absolute Gasteiger partial charge is 0.281 e. The van der Waals surface area contributed by atoms with E-state index in [4.69, 9.17) is 16.9 Å². The Labute approximate surface area is 131 Å². The van der Waals surface area contributed by atoms with E-state index in [0.717, 1.165) is 10.1 Å². The fourth-order valence-electron chi connectivity index (χ4n) is 1.93. The standard InChI is InChI=1S/C15H13ClN4O2/c1-8-10(7-17)14(21)20(3)15(22)13(8)19-18-12-6-4-5-11(16)9(12)2/h4-6,21H,1-3H3. The van der Waals surface area contributed by atoms with Crippen molar-refractivity contribution in [2.75, 3.05) is 0 Å². The lowest BCUT2D eigenvalue weighted by atomic mass is 10.1. The zero-order valence-corrected chi connectivity index (χ0v) is 13.0. The first kappa shape index (κ1) is 15.7. The average molecular weight is 317 g/mol. The third kappa shape index (κ3) is 2.59. The molecule has 0 fully saturated rings. The third-order valence-corrected chi connectivity index (χ3v) is 3.80. The summed E-state index contributed by atoms with van der Waals surface area (Å²) < 4.78 is 0.963. The molecule has 1 aromatic heterocycles. The lowest BCUT2D eigenvalue weighted by molar-refractivity contribution is 0.421. The van der Waals surface area contributed by atoms with Gasteiger partial charge in [-0.1, -0.05) is 17.7 Å². The van der Waals surface area contributed by atoms with E-state index in [1.54, 1.807) is 32.0 Å². The van der Waals surface area contributed by atoms with Crippen molar-refractivity contribution in [3.63, 3.8) is 0 Å². The quantitative estimate of drug-likeness (QED) is 0.857. The molecule has 6 nitrogen and oxygen atoms in total. The molecular formula is C15H13ClN4O2. The van der Waals surface area contributed by atoms with Crippen LogP contribution in [-0.4, -0.2) is 9.67 Å². The first-order chi connectivity index (χ1) is 10.4. The van der Waals surface area contributed by atoms with Gasteiger partial charge in [-0.2, -0.15) is 10.4 Å². The molecule has 0 atom stereocenters. The molecule has 0 spiro atoms. The average Bonchev–Trinajstić information content (AvgIpc) is 2.49. The minimum absolute atomic E-state index is 0.00105. The number of nitriles is 1. The van der Waals surface area contributed by atoms with Crippen molar-refractivity contribution >= 4 is 23.0 Å². The molecule has 0 unspecified atom stereocenters. The molecule has 0 saturated heterocycles. The monoisotopic (exact) mass is 316 g/mol. The van der Waals surface area contributed by atoms with Gasteiger partial charge in [0, 0.05) is 17.6 Å². The Morgan fingerprint density at radius 1 is 1.27 bits per heavy atom. The van der Waals surface area contributed by atoms with Crippen LogP contribution in [0.5, 0.6) is 5.88 Å². The summed E-state index contributed by atoms with van der Waals surface area (Å²) in [7, 11) is 1.36. The van der Waals surface area contributed by atoms with Gasteiger partial charge in [0.1, 0.15) is 11.6 Å². The van der Waals surface area contributed by atoms with Crippen LogP contribution in [0.25, 0.3) is 0 Å². The number of halogens is 1. The molecule has 0 aliphatic rings. The predicted octanol–water partition coefficient (Wildman–Crippen LogP) is 3.65. The molecule has 7 heteroatoms. The third-order valence-electron chi connectivity index (χ3n) is 3.39. The topological polar surface area (TPSA) is 90.7 Å². The van der Waals surface area contributed by atoms with Crippen LogP contribution >= 0.6 is 11.6 Å². The maximum Gasteiger partial charge on any atom is 0.281 e. The summed E-state index contributed by atoms with van der Waals surface area (Å²) >= 11 is 6.01. The van der Waals surface area contributed by atoms with Gasteiger partial charge in [-0.05, 0) is 31.5 Å². The SMILES string of the molecule is Cc1c(Cl)cccc1N=Nc1c(C)c(C#N)c(O)n(C)c1=O. The molecule has 1 N–H and O–H groups in total. The Hall–Kier alpha value is -2.65. The number of nitrogens with zero attached hydrogens (tertiary/aromatic N) is 4. The lowest BCUT2D eigenvalue weighted by Gasteiger charge is -2.08. The van der Waals surface area contributed by atoms with E-state index in [2.05, 4.69) is 10.2 Å². The summed E-state index contributed by atoms with van der Waals surface area (Å²) in [5.74, 6) is -0.386. The van der Waals surface area contributed by atoms with Crippen molar-refractivity contribution in [3.8, 4) is 11.9 Å². The van der Waals surface area contributed by atoms with Crippen molar-refractivity contribution in [2.24, 2.45) is 17.3 Å². The minimum Gasteiger partial charge on any atom is -0.493 e. The minimum atomic E-state index is -0.530. The van der Waals surface area contributed by atoms with Gasteiger partial charge in [0.2, 0.25) is 5.88 Å². The molecule has 112 valence electrons. The molecule has 2 rings (SSSR count). The fraction of sp³-hybridized carbons (Fsp3) is 0.200. The molecule has 0 aliphatic heterocycles. The molecule has 0 radical (unpaired) electrons. The highest BCUT2D eigenvalue weighted by Gasteiger charge is 2.17. The Balaban J connectivity index is 2.62. The van der Waals surface area contributed by atoms with Gasteiger partial charge in [0.15, 0.2) is 5.69 Å². The summed E-state index contributed by atoms with van der Waals surface area (Å²) in [6.45, 7) is 3.33. The highest BCUT2D eigenvalue weighted by Crippen LogP contribution is 2.29. The van der Waals surface area contributed by atoms with E-state index in [-0.39, 0.29) is 22.7 Å².